The van der Waals surface area contributed by atoms with Gasteiger partial charge in [0.1, 0.15) is 0 Å². The maximum absolute atomic E-state index is 13.0. The summed E-state index contributed by atoms with van der Waals surface area (Å²) in [6.45, 7) is 0.480. The predicted octanol–water partition coefficient (Wildman–Crippen LogP) is 4.14. The van der Waals surface area contributed by atoms with Gasteiger partial charge >= 0.3 is 0 Å². The van der Waals surface area contributed by atoms with Crippen LogP contribution in [0.1, 0.15) is 53.6 Å². The Hall–Kier alpha value is -2.13. The highest BCUT2D eigenvalue weighted by Crippen LogP contribution is 2.36. The first-order valence-corrected chi connectivity index (χ1v) is 9.76. The van der Waals surface area contributed by atoms with Crippen molar-refractivity contribution in [2.75, 3.05) is 20.6 Å². The van der Waals surface area contributed by atoms with Crippen molar-refractivity contribution in [1.82, 2.24) is 9.80 Å². The number of carbonyl (C=O) groups is 1. The van der Waals surface area contributed by atoms with Crippen LogP contribution in [0, 0.1) is 0 Å². The van der Waals surface area contributed by atoms with Crippen molar-refractivity contribution in [1.29, 1.82) is 0 Å². The monoisotopic (exact) mass is 348 g/mol. The van der Waals surface area contributed by atoms with Crippen LogP contribution in [0.15, 0.2) is 48.5 Å². The summed E-state index contributed by atoms with van der Waals surface area (Å²) in [6.07, 6.45) is 5.58. The van der Waals surface area contributed by atoms with E-state index in [9.17, 15) is 4.79 Å². The van der Waals surface area contributed by atoms with E-state index >= 15 is 0 Å². The third-order valence-electron chi connectivity index (χ3n) is 6.22. The van der Waals surface area contributed by atoms with Crippen molar-refractivity contribution >= 4 is 5.91 Å². The van der Waals surface area contributed by atoms with E-state index in [0.717, 1.165) is 32.1 Å². The van der Waals surface area contributed by atoms with Crippen molar-refractivity contribution < 1.29 is 4.79 Å². The van der Waals surface area contributed by atoms with Gasteiger partial charge in [0.25, 0.3) is 0 Å². The number of aryl methyl sites for hydroxylation is 2. The van der Waals surface area contributed by atoms with Gasteiger partial charge in [-0.15, -0.1) is 0 Å². The minimum absolute atomic E-state index is 0.219. The highest BCUT2D eigenvalue weighted by Gasteiger charge is 2.30. The van der Waals surface area contributed by atoms with E-state index in [4.69, 9.17) is 0 Å². The molecule has 0 spiro atoms. The molecule has 2 aromatic carbocycles. The van der Waals surface area contributed by atoms with Crippen molar-refractivity contribution in [3.8, 4) is 0 Å². The SMILES string of the molecule is CN(CC(=O)N(C)[C@H]1CCCc2ccccc21)[C@H]1CCc2ccccc21. The fourth-order valence-corrected chi connectivity index (χ4v) is 4.73. The van der Waals surface area contributed by atoms with Gasteiger partial charge in [0, 0.05) is 13.1 Å². The predicted molar refractivity (Wildman–Crippen MR) is 105 cm³/mol. The Balaban J connectivity index is 1.46. The number of rotatable bonds is 4. The van der Waals surface area contributed by atoms with Crippen LogP contribution >= 0.6 is 0 Å². The van der Waals surface area contributed by atoms with Crippen LogP contribution in [-0.2, 0) is 17.6 Å². The van der Waals surface area contributed by atoms with Gasteiger partial charge in [-0.25, -0.2) is 0 Å². The molecule has 0 heterocycles. The molecule has 0 saturated heterocycles. The zero-order chi connectivity index (χ0) is 18.1. The Labute approximate surface area is 156 Å². The van der Waals surface area contributed by atoms with Gasteiger partial charge < -0.3 is 4.90 Å². The normalized spacial score (nSPS) is 21.3. The van der Waals surface area contributed by atoms with Gasteiger partial charge in [-0.05, 0) is 61.4 Å². The number of fused-ring (bicyclic) bond motifs is 2. The molecule has 136 valence electrons. The lowest BCUT2D eigenvalue weighted by atomic mass is 9.87. The van der Waals surface area contributed by atoms with Crippen molar-refractivity contribution in [3.63, 3.8) is 0 Å². The molecule has 0 N–H and O–H groups in total. The molecule has 4 rings (SSSR count). The summed E-state index contributed by atoms with van der Waals surface area (Å²) < 4.78 is 0. The molecule has 0 aromatic heterocycles. The van der Waals surface area contributed by atoms with Crippen LogP contribution in [0.4, 0.5) is 0 Å². The van der Waals surface area contributed by atoms with Crippen molar-refractivity contribution in [3.05, 3.63) is 70.8 Å². The Morgan fingerprint density at radius 3 is 2.23 bits per heavy atom. The van der Waals surface area contributed by atoms with Crippen LogP contribution in [0.2, 0.25) is 0 Å². The maximum atomic E-state index is 13.0. The highest BCUT2D eigenvalue weighted by atomic mass is 16.2. The third-order valence-corrected chi connectivity index (χ3v) is 6.22. The van der Waals surface area contributed by atoms with Gasteiger partial charge in [-0.2, -0.15) is 0 Å². The third kappa shape index (κ3) is 3.16. The molecule has 3 heteroatoms. The minimum atomic E-state index is 0.219. The van der Waals surface area contributed by atoms with Crippen LogP contribution in [0.25, 0.3) is 0 Å². The second-order valence-corrected chi connectivity index (χ2v) is 7.78. The van der Waals surface area contributed by atoms with E-state index < -0.39 is 0 Å². The summed E-state index contributed by atoms with van der Waals surface area (Å²) in [6, 6.07) is 17.8. The Morgan fingerprint density at radius 2 is 1.50 bits per heavy atom. The summed E-state index contributed by atoms with van der Waals surface area (Å²) in [5.74, 6) is 0.221. The van der Waals surface area contributed by atoms with E-state index in [0.29, 0.717) is 12.6 Å². The molecular formula is C23H28N2O. The smallest absolute Gasteiger partial charge is 0.237 e. The zero-order valence-electron chi connectivity index (χ0n) is 15.8. The lowest BCUT2D eigenvalue weighted by Crippen LogP contribution is -2.40. The Morgan fingerprint density at radius 1 is 0.885 bits per heavy atom. The van der Waals surface area contributed by atoms with Crippen LogP contribution in [0.3, 0.4) is 0 Å². The molecule has 2 atom stereocenters. The average molecular weight is 348 g/mol. The number of likely N-dealkylation sites (N-methyl/N-ethyl adjacent to an activating group) is 2. The first-order chi connectivity index (χ1) is 12.6. The number of nitrogens with zero attached hydrogens (tertiary/aromatic N) is 2. The second-order valence-electron chi connectivity index (χ2n) is 7.78. The molecular weight excluding hydrogens is 320 g/mol. The minimum Gasteiger partial charge on any atom is -0.338 e. The first-order valence-electron chi connectivity index (χ1n) is 9.76. The maximum Gasteiger partial charge on any atom is 0.237 e. The molecule has 0 aliphatic heterocycles. The number of hydrogen-bond donors (Lipinski definition) is 0. The van der Waals surface area contributed by atoms with E-state index in [-0.39, 0.29) is 11.9 Å². The van der Waals surface area contributed by atoms with Gasteiger partial charge in [-0.1, -0.05) is 48.5 Å². The van der Waals surface area contributed by atoms with Crippen LogP contribution in [0.5, 0.6) is 0 Å². The first kappa shape index (κ1) is 17.3. The van der Waals surface area contributed by atoms with Gasteiger partial charge in [-0.3, -0.25) is 9.69 Å². The molecule has 2 aliphatic carbocycles. The fraction of sp³-hybridized carbons (Fsp3) is 0.435. The van der Waals surface area contributed by atoms with E-state index in [2.05, 4.69) is 60.5 Å². The molecule has 0 fully saturated rings. The zero-order valence-corrected chi connectivity index (χ0v) is 15.8. The molecule has 0 saturated carbocycles. The largest absolute Gasteiger partial charge is 0.338 e. The second kappa shape index (κ2) is 7.24. The summed E-state index contributed by atoms with van der Waals surface area (Å²) in [4.78, 5) is 17.2. The lowest BCUT2D eigenvalue weighted by Gasteiger charge is -2.35. The van der Waals surface area contributed by atoms with Crippen molar-refractivity contribution in [2.24, 2.45) is 0 Å². The number of benzene rings is 2. The lowest BCUT2D eigenvalue weighted by molar-refractivity contribution is -0.133. The molecule has 0 radical (unpaired) electrons. The van der Waals surface area contributed by atoms with Gasteiger partial charge in [0.2, 0.25) is 5.91 Å². The average Bonchev–Trinajstić information content (AvgIpc) is 3.11. The summed E-state index contributed by atoms with van der Waals surface area (Å²) in [7, 11) is 4.07. The van der Waals surface area contributed by atoms with Gasteiger partial charge in [0.05, 0.1) is 12.6 Å². The summed E-state index contributed by atoms with van der Waals surface area (Å²) >= 11 is 0. The molecule has 2 aliphatic rings. The molecule has 26 heavy (non-hydrogen) atoms. The highest BCUT2D eigenvalue weighted by molar-refractivity contribution is 5.78. The Kier molecular flexibility index (Phi) is 4.82. The van der Waals surface area contributed by atoms with Crippen LogP contribution in [-0.4, -0.2) is 36.3 Å². The van der Waals surface area contributed by atoms with E-state index in [1.165, 1.54) is 22.3 Å². The topological polar surface area (TPSA) is 23.6 Å². The van der Waals surface area contributed by atoms with E-state index in [1.807, 2.05) is 11.9 Å². The molecule has 1 amide bonds. The number of carbonyl (C=O) groups excluding carboxylic acids is 1. The Bertz CT molecular complexity index is 800. The van der Waals surface area contributed by atoms with E-state index in [1.54, 1.807) is 0 Å². The molecule has 0 bridgehead atoms. The summed E-state index contributed by atoms with van der Waals surface area (Å²) in [5, 5.41) is 0. The fourth-order valence-electron chi connectivity index (χ4n) is 4.73. The molecule has 0 unspecified atom stereocenters. The van der Waals surface area contributed by atoms with Crippen LogP contribution < -0.4 is 0 Å². The number of amides is 1. The van der Waals surface area contributed by atoms with Crippen molar-refractivity contribution in [2.45, 2.75) is 44.2 Å². The standard InChI is InChI=1S/C23H28N2O/c1-24(21-15-14-18-9-4-5-11-19(18)21)16-23(26)25(2)22-13-7-10-17-8-3-6-12-20(17)22/h3-6,8-9,11-12,21-22H,7,10,13-16H2,1-2H3/t21-,22-/m0/s1. The van der Waals surface area contributed by atoms with Gasteiger partial charge in [0.15, 0.2) is 0 Å². The molecule has 2 aromatic rings. The quantitative estimate of drug-likeness (QED) is 0.829. The summed E-state index contributed by atoms with van der Waals surface area (Å²) in [5.41, 5.74) is 5.57. The number of hydrogen-bond acceptors (Lipinski definition) is 2. The molecule has 3 nitrogen and oxygen atoms in total.